The standard InChI is InChI=1S/C34H46N2O4/c1-23(2)18-31(34(38)40-28-15-9-10-16-28)35-21-27-14-11-17-36(27)33(37)30-20-29(24(3)4)32(19-25(30)5)39-22-26-12-7-6-8-13-26/h6-8,12-13,19-20,23,27-28,31,35H,3,9-11,14-18,21-22H2,1-2,4-5H3/t27-,31+/m1/s1. The SMILES string of the molecule is C=C(C)c1cc(C(=O)N2CCC[C@@H]2CN[C@@H](CC(C)C)C(=O)OC2CCCC2)c(C)cc1OCc1ccccc1. The van der Waals surface area contributed by atoms with E-state index in [1.807, 2.05) is 61.2 Å². The van der Waals surface area contributed by atoms with E-state index in [9.17, 15) is 9.59 Å². The second-order valence-corrected chi connectivity index (χ2v) is 11.9. The number of benzene rings is 2. The number of hydrogen-bond acceptors (Lipinski definition) is 5. The van der Waals surface area contributed by atoms with Gasteiger partial charge in [0.15, 0.2) is 0 Å². The van der Waals surface area contributed by atoms with E-state index in [1.54, 1.807) is 0 Å². The molecule has 4 rings (SSSR count). The van der Waals surface area contributed by atoms with E-state index in [0.29, 0.717) is 31.2 Å². The van der Waals surface area contributed by atoms with Crippen LogP contribution in [0.5, 0.6) is 5.75 Å². The third-order valence-corrected chi connectivity index (χ3v) is 8.07. The van der Waals surface area contributed by atoms with Crippen LogP contribution in [0.15, 0.2) is 49.0 Å². The average molecular weight is 547 g/mol. The van der Waals surface area contributed by atoms with Crippen molar-refractivity contribution >= 4 is 17.4 Å². The highest BCUT2D eigenvalue weighted by molar-refractivity contribution is 5.97. The lowest BCUT2D eigenvalue weighted by molar-refractivity contribution is -0.151. The van der Waals surface area contributed by atoms with Gasteiger partial charge in [-0.2, -0.15) is 0 Å². The van der Waals surface area contributed by atoms with Crippen LogP contribution in [0.25, 0.3) is 5.57 Å². The quantitative estimate of drug-likeness (QED) is 0.300. The highest BCUT2D eigenvalue weighted by Crippen LogP contribution is 2.31. The number of nitrogens with zero attached hydrogens (tertiary/aromatic N) is 1. The number of hydrogen-bond donors (Lipinski definition) is 1. The van der Waals surface area contributed by atoms with Crippen LogP contribution in [0, 0.1) is 12.8 Å². The molecule has 6 nitrogen and oxygen atoms in total. The summed E-state index contributed by atoms with van der Waals surface area (Å²) in [6.07, 6.45) is 6.83. The molecule has 1 N–H and O–H groups in total. The van der Waals surface area contributed by atoms with Crippen LogP contribution in [-0.4, -0.2) is 48.1 Å². The predicted octanol–water partition coefficient (Wildman–Crippen LogP) is 6.70. The molecule has 1 heterocycles. The van der Waals surface area contributed by atoms with E-state index in [4.69, 9.17) is 9.47 Å². The summed E-state index contributed by atoms with van der Waals surface area (Å²) in [5.74, 6) is 0.973. The van der Waals surface area contributed by atoms with E-state index in [-0.39, 0.29) is 30.1 Å². The maximum absolute atomic E-state index is 13.9. The Labute approximate surface area is 240 Å². The van der Waals surface area contributed by atoms with Crippen LogP contribution in [0.3, 0.4) is 0 Å². The van der Waals surface area contributed by atoms with E-state index in [0.717, 1.165) is 73.0 Å². The molecule has 0 unspecified atom stereocenters. The summed E-state index contributed by atoms with van der Waals surface area (Å²) in [6.45, 7) is 14.0. The molecule has 0 spiro atoms. The Balaban J connectivity index is 1.44. The van der Waals surface area contributed by atoms with Gasteiger partial charge in [-0.3, -0.25) is 9.59 Å². The number of amides is 1. The maximum atomic E-state index is 13.9. The molecule has 2 aromatic carbocycles. The van der Waals surface area contributed by atoms with Crippen LogP contribution < -0.4 is 10.1 Å². The molecule has 1 saturated heterocycles. The first kappa shape index (κ1) is 29.9. The summed E-state index contributed by atoms with van der Waals surface area (Å²) in [7, 11) is 0. The fraction of sp³-hybridized carbons (Fsp3) is 0.529. The number of nitrogens with one attached hydrogen (secondary N) is 1. The zero-order chi connectivity index (χ0) is 28.6. The van der Waals surface area contributed by atoms with Gasteiger partial charge in [-0.05, 0) is 93.5 Å². The van der Waals surface area contributed by atoms with Crippen molar-refractivity contribution in [3.63, 3.8) is 0 Å². The van der Waals surface area contributed by atoms with Crippen LogP contribution in [0.4, 0.5) is 0 Å². The predicted molar refractivity (Wildman–Crippen MR) is 160 cm³/mol. The van der Waals surface area contributed by atoms with E-state index in [2.05, 4.69) is 25.7 Å². The summed E-state index contributed by atoms with van der Waals surface area (Å²) in [5, 5.41) is 3.49. The number of aryl methyl sites for hydroxylation is 1. The molecule has 1 aliphatic heterocycles. The molecule has 1 amide bonds. The highest BCUT2D eigenvalue weighted by Gasteiger charge is 2.33. The van der Waals surface area contributed by atoms with Gasteiger partial charge < -0.3 is 19.7 Å². The van der Waals surface area contributed by atoms with Crippen molar-refractivity contribution in [2.75, 3.05) is 13.1 Å². The number of carbonyl (C=O) groups excluding carboxylic acids is 2. The van der Waals surface area contributed by atoms with E-state index >= 15 is 0 Å². The highest BCUT2D eigenvalue weighted by atomic mass is 16.5. The fourth-order valence-electron chi connectivity index (χ4n) is 5.84. The Morgan fingerprint density at radius 2 is 1.77 bits per heavy atom. The van der Waals surface area contributed by atoms with Crippen molar-refractivity contribution in [2.24, 2.45) is 5.92 Å². The topological polar surface area (TPSA) is 67.9 Å². The van der Waals surface area contributed by atoms with Crippen LogP contribution in [-0.2, 0) is 16.1 Å². The first-order chi connectivity index (χ1) is 19.2. The lowest BCUT2D eigenvalue weighted by Gasteiger charge is -2.29. The minimum Gasteiger partial charge on any atom is -0.488 e. The van der Waals surface area contributed by atoms with E-state index < -0.39 is 0 Å². The van der Waals surface area contributed by atoms with Crippen molar-refractivity contribution in [2.45, 2.75) is 97.4 Å². The summed E-state index contributed by atoms with van der Waals surface area (Å²) >= 11 is 0. The van der Waals surface area contributed by atoms with Gasteiger partial charge in [-0.15, -0.1) is 0 Å². The van der Waals surface area contributed by atoms with Gasteiger partial charge in [0.25, 0.3) is 5.91 Å². The lowest BCUT2D eigenvalue weighted by Crippen LogP contribution is -2.48. The van der Waals surface area contributed by atoms with Gasteiger partial charge in [-0.25, -0.2) is 0 Å². The smallest absolute Gasteiger partial charge is 0.323 e. The molecule has 2 aromatic rings. The van der Waals surface area contributed by atoms with Gasteiger partial charge >= 0.3 is 5.97 Å². The molecule has 1 aliphatic carbocycles. The second kappa shape index (κ2) is 14.0. The van der Waals surface area contributed by atoms with Crippen molar-refractivity contribution in [3.05, 3.63) is 71.3 Å². The normalized spacial score (nSPS) is 18.2. The number of allylic oxidation sites excluding steroid dienone is 1. The third-order valence-electron chi connectivity index (χ3n) is 8.07. The monoisotopic (exact) mass is 546 g/mol. The number of carbonyl (C=O) groups is 2. The molecule has 1 saturated carbocycles. The average Bonchev–Trinajstić information content (AvgIpc) is 3.62. The summed E-state index contributed by atoms with van der Waals surface area (Å²) in [4.78, 5) is 28.8. The van der Waals surface area contributed by atoms with Crippen molar-refractivity contribution in [1.29, 1.82) is 0 Å². The summed E-state index contributed by atoms with van der Waals surface area (Å²) in [5.41, 5.74) is 4.36. The third kappa shape index (κ3) is 7.75. The molecule has 0 aromatic heterocycles. The Bertz CT molecular complexity index is 1170. The van der Waals surface area contributed by atoms with E-state index in [1.165, 1.54) is 0 Å². The second-order valence-electron chi connectivity index (χ2n) is 11.9. The number of rotatable bonds is 12. The van der Waals surface area contributed by atoms with Crippen LogP contribution in [0.1, 0.15) is 92.8 Å². The van der Waals surface area contributed by atoms with Gasteiger partial charge in [0.2, 0.25) is 0 Å². The Morgan fingerprint density at radius 3 is 2.45 bits per heavy atom. The molecule has 40 heavy (non-hydrogen) atoms. The van der Waals surface area contributed by atoms with Gasteiger partial charge in [-0.1, -0.05) is 50.8 Å². The lowest BCUT2D eigenvalue weighted by atomic mass is 9.98. The Morgan fingerprint density at radius 1 is 1.05 bits per heavy atom. The summed E-state index contributed by atoms with van der Waals surface area (Å²) in [6, 6.07) is 13.6. The van der Waals surface area contributed by atoms with Gasteiger partial charge in [0, 0.05) is 30.3 Å². The Kier molecular flexibility index (Phi) is 10.4. The van der Waals surface area contributed by atoms with Crippen LogP contribution in [0.2, 0.25) is 0 Å². The first-order valence-corrected chi connectivity index (χ1v) is 14.9. The zero-order valence-electron chi connectivity index (χ0n) is 24.7. The van der Waals surface area contributed by atoms with Gasteiger partial charge in [0.1, 0.15) is 24.5 Å². The molecular formula is C34H46N2O4. The molecular weight excluding hydrogens is 500 g/mol. The molecule has 2 aliphatic rings. The molecule has 6 heteroatoms. The molecule has 216 valence electrons. The minimum absolute atomic E-state index is 0.0212. The van der Waals surface area contributed by atoms with Crippen molar-refractivity contribution in [1.82, 2.24) is 10.2 Å². The zero-order valence-corrected chi connectivity index (χ0v) is 24.7. The van der Waals surface area contributed by atoms with Crippen molar-refractivity contribution in [3.8, 4) is 5.75 Å². The number of esters is 1. The van der Waals surface area contributed by atoms with Crippen molar-refractivity contribution < 1.29 is 19.1 Å². The molecule has 2 atom stereocenters. The van der Waals surface area contributed by atoms with Crippen LogP contribution >= 0.6 is 0 Å². The van der Waals surface area contributed by atoms with Gasteiger partial charge in [0.05, 0.1) is 0 Å². The number of likely N-dealkylation sites (tertiary alicyclic amines) is 1. The maximum Gasteiger partial charge on any atom is 0.323 e. The Hall–Kier alpha value is -3.12. The fourth-order valence-corrected chi connectivity index (χ4v) is 5.84. The molecule has 0 radical (unpaired) electrons. The molecule has 2 fully saturated rings. The summed E-state index contributed by atoms with van der Waals surface area (Å²) < 4.78 is 12.0. The molecule has 0 bridgehead atoms. The first-order valence-electron chi connectivity index (χ1n) is 14.9. The minimum atomic E-state index is -0.351. The number of ether oxygens (including phenoxy) is 2. The largest absolute Gasteiger partial charge is 0.488 e.